The number of aromatic nitrogens is 2. The van der Waals surface area contributed by atoms with Gasteiger partial charge in [-0.1, -0.05) is 18.2 Å². The van der Waals surface area contributed by atoms with E-state index in [0.717, 1.165) is 60.3 Å². The van der Waals surface area contributed by atoms with Crippen LogP contribution in [0.5, 0.6) is 0 Å². The molecule has 0 saturated heterocycles. The van der Waals surface area contributed by atoms with Gasteiger partial charge in [0.15, 0.2) is 0 Å². The third kappa shape index (κ3) is 4.06. The molecule has 32 heavy (non-hydrogen) atoms. The van der Waals surface area contributed by atoms with E-state index < -0.39 is 10.0 Å². The molecule has 2 aliphatic heterocycles. The normalized spacial score (nSPS) is 16.6. The molecule has 0 bridgehead atoms. The van der Waals surface area contributed by atoms with Crippen LogP contribution < -0.4 is 5.32 Å². The molecule has 0 atom stereocenters. The van der Waals surface area contributed by atoms with E-state index in [0.29, 0.717) is 17.0 Å². The highest BCUT2D eigenvalue weighted by atomic mass is 32.2. The van der Waals surface area contributed by atoms with Gasteiger partial charge in [0.1, 0.15) is 0 Å². The fourth-order valence-electron chi connectivity index (χ4n) is 4.36. The lowest BCUT2D eigenvalue weighted by atomic mass is 10.0. The van der Waals surface area contributed by atoms with Crippen LogP contribution >= 0.6 is 0 Å². The second kappa shape index (κ2) is 9.23. The van der Waals surface area contributed by atoms with Crippen LogP contribution in [0.4, 0.5) is 0 Å². The van der Waals surface area contributed by atoms with Crippen LogP contribution in [0.25, 0.3) is 16.6 Å². The molecule has 2 aliphatic rings. The summed E-state index contributed by atoms with van der Waals surface area (Å²) < 4.78 is 29.0. The summed E-state index contributed by atoms with van der Waals surface area (Å²) in [4.78, 5) is 15.5. The van der Waals surface area contributed by atoms with Gasteiger partial charge in [0.05, 0.1) is 15.9 Å². The quantitative estimate of drug-likeness (QED) is 0.586. The molecule has 0 fully saturated rings. The van der Waals surface area contributed by atoms with E-state index in [2.05, 4.69) is 21.3 Å². The summed E-state index contributed by atoms with van der Waals surface area (Å²) in [6, 6.07) is 9.27. The molecule has 168 valence electrons. The maximum absolute atomic E-state index is 13.8. The Morgan fingerprint density at radius 1 is 1.19 bits per heavy atom. The van der Waals surface area contributed by atoms with E-state index in [1.165, 1.54) is 3.97 Å². The van der Waals surface area contributed by atoms with E-state index >= 15 is 0 Å². The van der Waals surface area contributed by atoms with Gasteiger partial charge in [-0.2, -0.15) is 0 Å². The smallest absolute Gasteiger partial charge is 0.290 e. The number of hydrogen-bond acceptors (Lipinski definition) is 6. The first-order valence-electron chi connectivity index (χ1n) is 10.5. The summed E-state index contributed by atoms with van der Waals surface area (Å²) in [7, 11) is -1.71. The lowest BCUT2D eigenvalue weighted by Gasteiger charge is -2.27. The van der Waals surface area contributed by atoms with E-state index in [1.54, 1.807) is 24.5 Å². The second-order valence-electron chi connectivity index (χ2n) is 7.89. The van der Waals surface area contributed by atoms with Crippen LogP contribution in [0.3, 0.4) is 0 Å². The Labute approximate surface area is 187 Å². The molecule has 5 rings (SSSR count). The van der Waals surface area contributed by atoms with Crippen molar-refractivity contribution in [3.8, 4) is 0 Å². The summed E-state index contributed by atoms with van der Waals surface area (Å²) in [5.74, 6) is 0. The second-order valence-corrected chi connectivity index (χ2v) is 9.67. The number of benzene rings is 1. The maximum atomic E-state index is 13.8. The molecule has 0 saturated carbocycles. The van der Waals surface area contributed by atoms with Gasteiger partial charge in [-0.15, -0.1) is 0 Å². The monoisotopic (exact) mass is 454 g/mol. The van der Waals surface area contributed by atoms with Gasteiger partial charge >= 0.3 is 0 Å². The van der Waals surface area contributed by atoms with Gasteiger partial charge < -0.3 is 15.3 Å². The molecule has 2 N–H and O–H groups in total. The largest absolute Gasteiger partial charge is 0.483 e. The van der Waals surface area contributed by atoms with E-state index in [4.69, 9.17) is 9.90 Å². The van der Waals surface area contributed by atoms with Crippen LogP contribution in [0.1, 0.15) is 23.1 Å². The number of nitrogens with one attached hydrogen (secondary N) is 1. The molecule has 9 heteroatoms. The van der Waals surface area contributed by atoms with Gasteiger partial charge in [0, 0.05) is 37.6 Å². The highest BCUT2D eigenvalue weighted by molar-refractivity contribution is 7.90. The fraction of sp³-hybridized carbons (Fsp3) is 0.304. The average Bonchev–Trinajstić information content (AvgIpc) is 3.20. The third-order valence-electron chi connectivity index (χ3n) is 5.89. The first kappa shape index (κ1) is 22.2. The van der Waals surface area contributed by atoms with Crippen molar-refractivity contribution in [3.63, 3.8) is 0 Å². The highest BCUT2D eigenvalue weighted by Crippen LogP contribution is 2.33. The fourth-order valence-corrected chi connectivity index (χ4v) is 5.98. The van der Waals surface area contributed by atoms with Gasteiger partial charge in [0.2, 0.25) is 0 Å². The molecular formula is C23H26N4O4S. The van der Waals surface area contributed by atoms with Crippen molar-refractivity contribution >= 4 is 33.1 Å². The van der Waals surface area contributed by atoms with Gasteiger partial charge in [-0.3, -0.25) is 9.78 Å². The number of nitrogens with zero attached hydrogens (tertiary/aromatic N) is 3. The van der Waals surface area contributed by atoms with Crippen molar-refractivity contribution in [2.75, 3.05) is 26.7 Å². The molecule has 0 aliphatic carbocycles. The zero-order valence-corrected chi connectivity index (χ0v) is 18.7. The van der Waals surface area contributed by atoms with Gasteiger partial charge in [0.25, 0.3) is 16.5 Å². The van der Waals surface area contributed by atoms with E-state index in [-0.39, 0.29) is 6.47 Å². The minimum Gasteiger partial charge on any atom is -0.483 e. The Morgan fingerprint density at radius 2 is 2.00 bits per heavy atom. The van der Waals surface area contributed by atoms with Gasteiger partial charge in [-0.05, 0) is 61.3 Å². The summed E-state index contributed by atoms with van der Waals surface area (Å²) in [6.07, 6.45) is 7.35. The third-order valence-corrected chi connectivity index (χ3v) is 7.65. The Kier molecular flexibility index (Phi) is 6.40. The molecule has 2 aromatic heterocycles. The number of fused-ring (bicyclic) bond motifs is 2. The minimum absolute atomic E-state index is 0.250. The predicted octanol–water partition coefficient (Wildman–Crippen LogP) is 2.34. The van der Waals surface area contributed by atoms with Crippen LogP contribution in [-0.4, -0.2) is 60.5 Å². The molecule has 0 unspecified atom stereocenters. The van der Waals surface area contributed by atoms with Crippen molar-refractivity contribution in [1.29, 1.82) is 0 Å². The number of carboxylic acid groups (broad SMARTS) is 1. The summed E-state index contributed by atoms with van der Waals surface area (Å²) in [6.45, 7) is 3.02. The molecule has 0 radical (unpaired) electrons. The topological polar surface area (TPSA) is 105 Å². The zero-order chi connectivity index (χ0) is 22.7. The Morgan fingerprint density at radius 3 is 2.75 bits per heavy atom. The van der Waals surface area contributed by atoms with Gasteiger partial charge in [-0.25, -0.2) is 12.4 Å². The maximum Gasteiger partial charge on any atom is 0.290 e. The molecule has 0 spiro atoms. The number of rotatable bonds is 3. The van der Waals surface area contributed by atoms with E-state index in [1.807, 2.05) is 25.2 Å². The Hall–Kier alpha value is -3.01. The number of carbonyl (C=O) groups is 1. The molecule has 4 heterocycles. The van der Waals surface area contributed by atoms with Crippen LogP contribution in [0.15, 0.2) is 53.7 Å². The highest BCUT2D eigenvalue weighted by Gasteiger charge is 2.28. The van der Waals surface area contributed by atoms with Crippen molar-refractivity contribution in [2.45, 2.75) is 24.3 Å². The lowest BCUT2D eigenvalue weighted by molar-refractivity contribution is -0.122. The first-order valence-corrected chi connectivity index (χ1v) is 11.9. The Bertz CT molecular complexity index is 1280. The SMILES string of the molecule is CN1CCc2cccc(S(=O)(=O)n3cc(C4=CCNCC4)c4ncccc43)c2C1.O=CO. The number of pyridine rings is 1. The number of likely N-dealkylation sites (N-methyl/N-ethyl adjacent to an activating group) is 1. The number of hydrogen-bond donors (Lipinski definition) is 2. The first-order chi connectivity index (χ1) is 15.5. The van der Waals surface area contributed by atoms with Crippen molar-refractivity contribution in [3.05, 3.63) is 65.5 Å². The average molecular weight is 455 g/mol. The van der Waals surface area contributed by atoms with Crippen molar-refractivity contribution < 1.29 is 18.3 Å². The van der Waals surface area contributed by atoms with Crippen LogP contribution in [-0.2, 0) is 27.8 Å². The standard InChI is InChI=1S/C22H24N4O2S.CH2O2/c1-25-13-9-16-4-2-6-21(18(16)14-25)29(27,28)26-15-19(17-7-11-23-12-8-17)22-20(26)5-3-10-24-22;2-1-3/h2-7,10,15,23H,8-9,11-14H2,1H3;1H,(H,2,3). The summed E-state index contributed by atoms with van der Waals surface area (Å²) in [5, 5.41) is 10.2. The minimum atomic E-state index is -3.74. The predicted molar refractivity (Wildman–Crippen MR) is 123 cm³/mol. The van der Waals surface area contributed by atoms with Crippen LogP contribution in [0.2, 0.25) is 0 Å². The van der Waals surface area contributed by atoms with Crippen molar-refractivity contribution in [2.24, 2.45) is 0 Å². The Balaban J connectivity index is 0.000000775. The lowest BCUT2D eigenvalue weighted by Crippen LogP contribution is -2.28. The summed E-state index contributed by atoms with van der Waals surface area (Å²) in [5.41, 5.74) is 5.47. The molecular weight excluding hydrogens is 428 g/mol. The molecule has 0 amide bonds. The van der Waals surface area contributed by atoms with E-state index in [9.17, 15) is 8.42 Å². The summed E-state index contributed by atoms with van der Waals surface area (Å²) >= 11 is 0. The molecule has 1 aromatic carbocycles. The molecule has 3 aromatic rings. The zero-order valence-electron chi connectivity index (χ0n) is 17.9. The molecule has 8 nitrogen and oxygen atoms in total. The van der Waals surface area contributed by atoms with Crippen LogP contribution in [0, 0.1) is 0 Å². The van der Waals surface area contributed by atoms with Crippen molar-refractivity contribution in [1.82, 2.24) is 19.2 Å².